The van der Waals surface area contributed by atoms with Crippen molar-refractivity contribution in [3.05, 3.63) is 48.4 Å². The van der Waals surface area contributed by atoms with Crippen LogP contribution in [-0.4, -0.2) is 51.7 Å². The average Bonchev–Trinajstić information content (AvgIpc) is 3.00. The molecule has 0 amide bonds. The van der Waals surface area contributed by atoms with Gasteiger partial charge in [0.05, 0.1) is 13.3 Å². The van der Waals surface area contributed by atoms with Crippen LogP contribution in [0.15, 0.2) is 42.9 Å². The average molecular weight is 343 g/mol. The minimum atomic E-state index is 0.286. The third-order valence-electron chi connectivity index (χ3n) is 4.57. The van der Waals surface area contributed by atoms with Crippen LogP contribution in [0.2, 0.25) is 0 Å². The van der Waals surface area contributed by atoms with E-state index in [0.717, 1.165) is 49.0 Å². The minimum Gasteiger partial charge on any atom is -0.488 e. The molecule has 2 saturated heterocycles. The smallest absolute Gasteiger partial charge is 0.217 e. The second kappa shape index (κ2) is 6.61. The molecule has 2 aromatic heterocycles. The van der Waals surface area contributed by atoms with Crippen molar-refractivity contribution in [2.24, 2.45) is 0 Å². The summed E-state index contributed by atoms with van der Waals surface area (Å²) in [6.45, 7) is 3.10. The molecule has 0 aliphatic carbocycles. The summed E-state index contributed by atoms with van der Waals surface area (Å²) in [6, 6.07) is 7.95. The van der Waals surface area contributed by atoms with Gasteiger partial charge in [0.15, 0.2) is 0 Å². The van der Waals surface area contributed by atoms with Gasteiger partial charge in [0.2, 0.25) is 5.88 Å². The first-order valence-electron chi connectivity index (χ1n) is 8.17. The molecule has 2 fully saturated rings. The van der Waals surface area contributed by atoms with Gasteiger partial charge in [-0.3, -0.25) is 9.88 Å². The number of likely N-dealkylation sites (tertiary alicyclic amines) is 1. The minimum absolute atomic E-state index is 0.286. The van der Waals surface area contributed by atoms with Crippen LogP contribution in [-0.2, 0) is 6.54 Å². The highest BCUT2D eigenvalue weighted by atomic mass is 32.2. The third kappa shape index (κ3) is 3.21. The lowest BCUT2D eigenvalue weighted by Gasteiger charge is -2.47. The summed E-state index contributed by atoms with van der Waals surface area (Å²) in [7, 11) is 1.68. The van der Waals surface area contributed by atoms with Crippen LogP contribution < -0.4 is 9.47 Å². The van der Waals surface area contributed by atoms with Gasteiger partial charge in [-0.15, -0.1) is 11.8 Å². The van der Waals surface area contributed by atoms with E-state index in [1.165, 1.54) is 0 Å². The summed E-state index contributed by atoms with van der Waals surface area (Å²) < 4.78 is 11.8. The maximum atomic E-state index is 6.06. The van der Waals surface area contributed by atoms with E-state index in [1.54, 1.807) is 25.7 Å². The molecule has 6 heteroatoms. The quantitative estimate of drug-likeness (QED) is 0.832. The molecule has 0 bridgehead atoms. The van der Waals surface area contributed by atoms with Crippen LogP contribution in [0.1, 0.15) is 12.0 Å². The summed E-state index contributed by atoms with van der Waals surface area (Å²) in [5.74, 6) is 2.66. The van der Waals surface area contributed by atoms with Crippen molar-refractivity contribution in [1.82, 2.24) is 14.9 Å². The van der Waals surface area contributed by atoms with Gasteiger partial charge >= 0.3 is 0 Å². The van der Waals surface area contributed by atoms with Crippen molar-refractivity contribution in [2.45, 2.75) is 23.8 Å². The predicted molar refractivity (Wildman–Crippen MR) is 94.5 cm³/mol. The molecule has 1 atom stereocenters. The number of nitrogens with zero attached hydrogens (tertiary/aromatic N) is 3. The molecule has 0 unspecified atom stereocenters. The number of aromatic nitrogens is 2. The molecule has 0 saturated carbocycles. The fraction of sp³-hybridized carbons (Fsp3) is 0.444. The Hall–Kier alpha value is -1.79. The van der Waals surface area contributed by atoms with E-state index >= 15 is 0 Å². The fourth-order valence-corrected chi connectivity index (χ4v) is 5.13. The van der Waals surface area contributed by atoms with E-state index in [0.29, 0.717) is 4.75 Å². The highest BCUT2D eigenvalue weighted by molar-refractivity contribution is 8.01. The zero-order valence-electron chi connectivity index (χ0n) is 13.7. The van der Waals surface area contributed by atoms with Gasteiger partial charge in [-0.2, -0.15) is 0 Å². The van der Waals surface area contributed by atoms with Crippen LogP contribution in [0.3, 0.4) is 0 Å². The molecule has 126 valence electrons. The zero-order valence-corrected chi connectivity index (χ0v) is 14.5. The van der Waals surface area contributed by atoms with Gasteiger partial charge in [-0.05, 0) is 18.2 Å². The molecule has 4 rings (SSSR count). The summed E-state index contributed by atoms with van der Waals surface area (Å²) in [6.07, 6.45) is 6.72. The normalized spacial score (nSPS) is 22.3. The largest absolute Gasteiger partial charge is 0.488 e. The van der Waals surface area contributed by atoms with Crippen molar-refractivity contribution in [3.8, 4) is 11.6 Å². The highest BCUT2D eigenvalue weighted by Crippen LogP contribution is 2.46. The third-order valence-corrected chi connectivity index (χ3v) is 6.15. The second-order valence-corrected chi connectivity index (χ2v) is 7.93. The zero-order chi connectivity index (χ0) is 16.4. The molecule has 4 heterocycles. The number of pyridine rings is 2. The molecule has 2 aliphatic heterocycles. The number of hydrogen-bond acceptors (Lipinski definition) is 6. The molecule has 0 radical (unpaired) electrons. The Morgan fingerprint density at radius 2 is 2.17 bits per heavy atom. The SMILES string of the molecule is COc1ncccc1CN1CC2(C[C@@H](Oc3cccnc3)CS2)C1. The van der Waals surface area contributed by atoms with Crippen LogP contribution in [0.5, 0.6) is 11.6 Å². The Morgan fingerprint density at radius 3 is 2.96 bits per heavy atom. The molecule has 1 spiro atoms. The Morgan fingerprint density at radius 1 is 1.29 bits per heavy atom. The molecular weight excluding hydrogens is 322 g/mol. The van der Waals surface area contributed by atoms with Crippen molar-refractivity contribution < 1.29 is 9.47 Å². The molecule has 2 aliphatic rings. The van der Waals surface area contributed by atoms with E-state index in [-0.39, 0.29) is 6.10 Å². The molecule has 0 aromatic carbocycles. The van der Waals surface area contributed by atoms with E-state index in [4.69, 9.17) is 9.47 Å². The lowest BCUT2D eigenvalue weighted by Crippen LogP contribution is -2.58. The number of hydrogen-bond donors (Lipinski definition) is 0. The van der Waals surface area contributed by atoms with E-state index in [2.05, 4.69) is 20.9 Å². The Bertz CT molecular complexity index is 692. The van der Waals surface area contributed by atoms with Crippen LogP contribution in [0.25, 0.3) is 0 Å². The lowest BCUT2D eigenvalue weighted by atomic mass is 9.92. The van der Waals surface area contributed by atoms with Gasteiger partial charge in [0.1, 0.15) is 11.9 Å². The first kappa shape index (κ1) is 15.7. The number of thioether (sulfide) groups is 1. The van der Waals surface area contributed by atoms with Crippen molar-refractivity contribution in [2.75, 3.05) is 26.0 Å². The van der Waals surface area contributed by atoms with Crippen LogP contribution in [0.4, 0.5) is 0 Å². The Balaban J connectivity index is 1.31. The van der Waals surface area contributed by atoms with Crippen molar-refractivity contribution in [1.29, 1.82) is 0 Å². The number of ether oxygens (including phenoxy) is 2. The standard InChI is InChI=1S/C18H21N3O2S/c1-22-17-14(4-2-7-20-17)10-21-12-18(13-21)8-16(11-24-18)23-15-5-3-6-19-9-15/h2-7,9,16H,8,10-13H2,1H3/t16-/m1/s1. The predicted octanol–water partition coefficient (Wildman–Crippen LogP) is 2.62. The summed E-state index contributed by atoms with van der Waals surface area (Å²) >= 11 is 2.05. The Labute approximate surface area is 146 Å². The van der Waals surface area contributed by atoms with E-state index in [9.17, 15) is 0 Å². The van der Waals surface area contributed by atoms with E-state index < -0.39 is 0 Å². The molecular formula is C18H21N3O2S. The van der Waals surface area contributed by atoms with Gasteiger partial charge in [-0.1, -0.05) is 6.07 Å². The van der Waals surface area contributed by atoms with Crippen molar-refractivity contribution >= 4 is 11.8 Å². The van der Waals surface area contributed by atoms with Crippen LogP contribution in [0, 0.1) is 0 Å². The molecule has 5 nitrogen and oxygen atoms in total. The maximum Gasteiger partial charge on any atom is 0.217 e. The fourth-order valence-electron chi connectivity index (χ4n) is 3.56. The van der Waals surface area contributed by atoms with Gasteiger partial charge in [0, 0.05) is 54.5 Å². The van der Waals surface area contributed by atoms with Gasteiger partial charge < -0.3 is 9.47 Å². The van der Waals surface area contributed by atoms with Crippen molar-refractivity contribution in [3.63, 3.8) is 0 Å². The maximum absolute atomic E-state index is 6.06. The first-order chi connectivity index (χ1) is 11.8. The monoisotopic (exact) mass is 343 g/mol. The summed E-state index contributed by atoms with van der Waals surface area (Å²) in [5, 5.41) is 0. The topological polar surface area (TPSA) is 47.5 Å². The number of rotatable bonds is 5. The second-order valence-electron chi connectivity index (χ2n) is 6.44. The first-order valence-corrected chi connectivity index (χ1v) is 9.16. The lowest BCUT2D eigenvalue weighted by molar-refractivity contribution is 0.0910. The summed E-state index contributed by atoms with van der Waals surface area (Å²) in [5.41, 5.74) is 1.15. The van der Waals surface area contributed by atoms with E-state index in [1.807, 2.05) is 30.0 Å². The van der Waals surface area contributed by atoms with Gasteiger partial charge in [-0.25, -0.2) is 4.98 Å². The molecule has 2 aromatic rings. The Kier molecular flexibility index (Phi) is 4.33. The van der Waals surface area contributed by atoms with Gasteiger partial charge in [0.25, 0.3) is 0 Å². The number of methoxy groups -OCH3 is 1. The van der Waals surface area contributed by atoms with Crippen LogP contribution >= 0.6 is 11.8 Å². The summed E-state index contributed by atoms with van der Waals surface area (Å²) in [4.78, 5) is 10.8. The molecule has 24 heavy (non-hydrogen) atoms. The highest BCUT2D eigenvalue weighted by Gasteiger charge is 2.49. The molecule has 0 N–H and O–H groups in total.